The van der Waals surface area contributed by atoms with Gasteiger partial charge in [-0.05, 0) is 55.3 Å². The highest BCUT2D eigenvalue weighted by Crippen LogP contribution is 2.24. The molecule has 5 heteroatoms. The number of para-hydroxylation sites is 2. The number of hydrogen-bond donors (Lipinski definition) is 1. The van der Waals surface area contributed by atoms with Gasteiger partial charge >= 0.3 is 0 Å². The second kappa shape index (κ2) is 9.88. The van der Waals surface area contributed by atoms with Gasteiger partial charge in [-0.1, -0.05) is 48.5 Å². The molecule has 0 spiro atoms. The molecule has 1 N–H and O–H groups in total. The van der Waals surface area contributed by atoms with E-state index in [9.17, 15) is 10.1 Å². The van der Waals surface area contributed by atoms with E-state index in [1.165, 1.54) is 0 Å². The Balaban J connectivity index is 1.58. The Morgan fingerprint density at radius 1 is 1.06 bits per heavy atom. The molecule has 0 aliphatic carbocycles. The number of anilines is 1. The van der Waals surface area contributed by atoms with Crippen molar-refractivity contribution in [3.05, 3.63) is 101 Å². The smallest absolute Gasteiger partial charge is 0.266 e. The minimum Gasteiger partial charge on any atom is -0.492 e. The first-order chi connectivity index (χ1) is 16.0. The zero-order chi connectivity index (χ0) is 23.2. The summed E-state index contributed by atoms with van der Waals surface area (Å²) in [7, 11) is 0. The highest BCUT2D eigenvalue weighted by atomic mass is 16.5. The van der Waals surface area contributed by atoms with Gasteiger partial charge < -0.3 is 14.6 Å². The monoisotopic (exact) mass is 435 g/mol. The molecule has 1 aromatic heterocycles. The standard InChI is InChI=1S/C28H25N3O2/c1-20-12-13-21(2)26(16-20)30-28(32)22(18-29)17-23-19-31(27-11-7-6-10-25(23)27)14-15-33-24-8-4-3-5-9-24/h3-13,16-17,19H,14-15H2,1-2H3,(H,30,32)/b22-17+. The van der Waals surface area contributed by atoms with Crippen LogP contribution in [0.25, 0.3) is 17.0 Å². The number of ether oxygens (including phenoxy) is 1. The van der Waals surface area contributed by atoms with Gasteiger partial charge in [-0.2, -0.15) is 5.26 Å². The number of hydrogen-bond acceptors (Lipinski definition) is 3. The highest BCUT2D eigenvalue weighted by molar-refractivity contribution is 6.11. The molecule has 5 nitrogen and oxygen atoms in total. The number of nitrogens with one attached hydrogen (secondary N) is 1. The fourth-order valence-electron chi connectivity index (χ4n) is 3.72. The largest absolute Gasteiger partial charge is 0.492 e. The number of benzene rings is 3. The van der Waals surface area contributed by atoms with E-state index in [1.54, 1.807) is 6.08 Å². The van der Waals surface area contributed by atoms with Crippen LogP contribution in [0.5, 0.6) is 5.75 Å². The van der Waals surface area contributed by atoms with Crippen LogP contribution in [-0.2, 0) is 11.3 Å². The van der Waals surface area contributed by atoms with Gasteiger partial charge in [-0.15, -0.1) is 0 Å². The van der Waals surface area contributed by atoms with E-state index >= 15 is 0 Å². The van der Waals surface area contributed by atoms with Crippen LogP contribution < -0.4 is 10.1 Å². The normalized spacial score (nSPS) is 11.2. The number of nitrogens with zero attached hydrogens (tertiary/aromatic N) is 2. The maximum absolute atomic E-state index is 12.9. The van der Waals surface area contributed by atoms with Gasteiger partial charge in [0, 0.05) is 28.4 Å². The zero-order valence-corrected chi connectivity index (χ0v) is 18.7. The number of amides is 1. The molecule has 0 aliphatic rings. The summed E-state index contributed by atoms with van der Waals surface area (Å²) in [4.78, 5) is 12.9. The average molecular weight is 436 g/mol. The van der Waals surface area contributed by atoms with Crippen LogP contribution in [0.2, 0.25) is 0 Å². The summed E-state index contributed by atoms with van der Waals surface area (Å²) in [6, 6.07) is 25.5. The highest BCUT2D eigenvalue weighted by Gasteiger charge is 2.14. The van der Waals surface area contributed by atoms with Crippen molar-refractivity contribution in [2.24, 2.45) is 0 Å². The first-order valence-corrected chi connectivity index (χ1v) is 10.8. The third-order valence-corrected chi connectivity index (χ3v) is 5.47. The maximum atomic E-state index is 12.9. The molecular weight excluding hydrogens is 410 g/mol. The first-order valence-electron chi connectivity index (χ1n) is 10.8. The Kier molecular flexibility index (Phi) is 6.56. The fraction of sp³-hybridized carbons (Fsp3) is 0.143. The number of fused-ring (bicyclic) bond motifs is 1. The van der Waals surface area contributed by atoms with Crippen molar-refractivity contribution < 1.29 is 9.53 Å². The van der Waals surface area contributed by atoms with Crippen molar-refractivity contribution in [3.8, 4) is 11.8 Å². The molecule has 164 valence electrons. The number of aryl methyl sites for hydroxylation is 2. The van der Waals surface area contributed by atoms with Crippen LogP contribution in [0.1, 0.15) is 16.7 Å². The topological polar surface area (TPSA) is 67.0 Å². The molecule has 0 unspecified atom stereocenters. The van der Waals surface area contributed by atoms with Crippen molar-refractivity contribution >= 4 is 28.6 Å². The Morgan fingerprint density at radius 2 is 1.82 bits per heavy atom. The van der Waals surface area contributed by atoms with Crippen molar-refractivity contribution in [1.82, 2.24) is 4.57 Å². The molecule has 0 fully saturated rings. The van der Waals surface area contributed by atoms with Gasteiger partial charge in [0.2, 0.25) is 0 Å². The lowest BCUT2D eigenvalue weighted by atomic mass is 10.1. The quantitative estimate of drug-likeness (QED) is 0.291. The maximum Gasteiger partial charge on any atom is 0.266 e. The van der Waals surface area contributed by atoms with Crippen LogP contribution in [0.15, 0.2) is 84.6 Å². The molecule has 0 radical (unpaired) electrons. The molecule has 0 saturated heterocycles. The molecule has 0 aliphatic heterocycles. The van der Waals surface area contributed by atoms with Gasteiger partial charge in [0.05, 0.1) is 6.54 Å². The third-order valence-electron chi connectivity index (χ3n) is 5.47. The summed E-state index contributed by atoms with van der Waals surface area (Å²) >= 11 is 0. The van der Waals surface area contributed by atoms with E-state index in [2.05, 4.69) is 16.0 Å². The van der Waals surface area contributed by atoms with Gasteiger partial charge in [-0.25, -0.2) is 0 Å². The summed E-state index contributed by atoms with van der Waals surface area (Å²) < 4.78 is 7.93. The van der Waals surface area contributed by atoms with Gasteiger partial charge in [0.25, 0.3) is 5.91 Å². The fourth-order valence-corrected chi connectivity index (χ4v) is 3.72. The number of nitriles is 1. The third kappa shape index (κ3) is 5.13. The number of rotatable bonds is 7. The van der Waals surface area contributed by atoms with Crippen molar-refractivity contribution in [2.45, 2.75) is 20.4 Å². The van der Waals surface area contributed by atoms with Crippen LogP contribution in [0, 0.1) is 25.2 Å². The van der Waals surface area contributed by atoms with E-state index in [0.717, 1.165) is 33.3 Å². The minimum absolute atomic E-state index is 0.0549. The summed E-state index contributed by atoms with van der Waals surface area (Å²) in [5, 5.41) is 13.5. The Hall–Kier alpha value is -4.30. The van der Waals surface area contributed by atoms with E-state index < -0.39 is 5.91 Å². The second-order valence-corrected chi connectivity index (χ2v) is 7.90. The predicted octanol–water partition coefficient (Wildman–Crippen LogP) is 5.88. The predicted molar refractivity (Wildman–Crippen MR) is 132 cm³/mol. The molecular formula is C28H25N3O2. The molecule has 33 heavy (non-hydrogen) atoms. The number of aromatic nitrogens is 1. The molecule has 0 atom stereocenters. The lowest BCUT2D eigenvalue weighted by molar-refractivity contribution is -0.112. The molecule has 1 amide bonds. The Morgan fingerprint density at radius 3 is 2.61 bits per heavy atom. The number of carbonyl (C=O) groups excluding carboxylic acids is 1. The van der Waals surface area contributed by atoms with Crippen molar-refractivity contribution in [2.75, 3.05) is 11.9 Å². The minimum atomic E-state index is -0.421. The molecule has 0 saturated carbocycles. The van der Waals surface area contributed by atoms with Crippen LogP contribution in [0.4, 0.5) is 5.69 Å². The summed E-state index contributed by atoms with van der Waals surface area (Å²) in [5.74, 6) is 0.402. The van der Waals surface area contributed by atoms with Crippen molar-refractivity contribution in [1.29, 1.82) is 5.26 Å². The summed E-state index contributed by atoms with van der Waals surface area (Å²) in [6.07, 6.45) is 3.61. The Labute approximate surface area is 193 Å². The number of carbonyl (C=O) groups is 1. The lowest BCUT2D eigenvalue weighted by Crippen LogP contribution is -2.14. The summed E-state index contributed by atoms with van der Waals surface area (Å²) in [5.41, 5.74) is 4.59. The summed E-state index contributed by atoms with van der Waals surface area (Å²) in [6.45, 7) is 5.03. The van der Waals surface area contributed by atoms with Crippen molar-refractivity contribution in [3.63, 3.8) is 0 Å². The van der Waals surface area contributed by atoms with Crippen LogP contribution in [0.3, 0.4) is 0 Å². The molecule has 4 aromatic rings. The van der Waals surface area contributed by atoms with E-state index in [0.29, 0.717) is 18.8 Å². The SMILES string of the molecule is Cc1ccc(C)c(NC(=O)/C(C#N)=C/c2cn(CCOc3ccccc3)c3ccccc23)c1. The van der Waals surface area contributed by atoms with E-state index in [-0.39, 0.29) is 5.57 Å². The van der Waals surface area contributed by atoms with Gasteiger partial charge in [0.15, 0.2) is 0 Å². The molecule has 1 heterocycles. The molecule has 4 rings (SSSR count). The average Bonchev–Trinajstić information content (AvgIpc) is 3.18. The second-order valence-electron chi connectivity index (χ2n) is 7.90. The van der Waals surface area contributed by atoms with E-state index in [1.807, 2.05) is 92.8 Å². The van der Waals surface area contributed by atoms with Crippen LogP contribution in [-0.4, -0.2) is 17.1 Å². The molecule has 0 bridgehead atoms. The van der Waals surface area contributed by atoms with E-state index in [4.69, 9.17) is 4.74 Å². The Bertz CT molecular complexity index is 1360. The van der Waals surface area contributed by atoms with Crippen LogP contribution >= 0.6 is 0 Å². The zero-order valence-electron chi connectivity index (χ0n) is 18.7. The first kappa shape index (κ1) is 21.9. The van der Waals surface area contributed by atoms with Gasteiger partial charge in [-0.3, -0.25) is 4.79 Å². The molecule has 3 aromatic carbocycles. The van der Waals surface area contributed by atoms with Gasteiger partial charge in [0.1, 0.15) is 24.0 Å². The lowest BCUT2D eigenvalue weighted by Gasteiger charge is -2.08.